The zero-order chi connectivity index (χ0) is 27.4. The van der Waals surface area contributed by atoms with Gasteiger partial charge in [-0.25, -0.2) is 14.6 Å². The maximum Gasteiger partial charge on any atom is 0.343 e. The molecule has 5 rings (SSSR count). The Labute approximate surface area is 230 Å². The first-order valence-electron chi connectivity index (χ1n) is 12.1. The van der Waals surface area contributed by atoms with E-state index in [1.807, 2.05) is 12.1 Å². The molecule has 0 unspecified atom stereocenters. The molecule has 0 atom stereocenters. The molecule has 1 saturated heterocycles. The maximum atomic E-state index is 13.7. The van der Waals surface area contributed by atoms with E-state index in [9.17, 15) is 14.4 Å². The van der Waals surface area contributed by atoms with Crippen LogP contribution in [0.1, 0.15) is 11.1 Å². The summed E-state index contributed by atoms with van der Waals surface area (Å²) in [5, 5.41) is 0.578. The lowest BCUT2D eigenvalue weighted by Gasteiger charge is -2.34. The number of halogens is 1. The van der Waals surface area contributed by atoms with E-state index in [1.165, 1.54) is 13.2 Å². The maximum absolute atomic E-state index is 13.7. The highest BCUT2D eigenvalue weighted by Crippen LogP contribution is 2.33. The zero-order valence-corrected chi connectivity index (χ0v) is 21.7. The molecule has 194 valence electrons. The molecule has 0 aromatic heterocycles. The molecular formula is C31H23ClN2O5. The van der Waals surface area contributed by atoms with Crippen molar-refractivity contribution in [3.8, 4) is 11.5 Å². The molecule has 4 aromatic rings. The summed E-state index contributed by atoms with van der Waals surface area (Å²) in [7, 11) is 1.53. The van der Waals surface area contributed by atoms with Crippen LogP contribution in [-0.2, 0) is 16.2 Å². The lowest BCUT2D eigenvalue weighted by atomic mass is 10.0. The van der Waals surface area contributed by atoms with Crippen molar-refractivity contribution in [2.45, 2.75) is 6.61 Å². The summed E-state index contributed by atoms with van der Waals surface area (Å²) in [4.78, 5) is 42.9. The van der Waals surface area contributed by atoms with Crippen molar-refractivity contribution < 1.29 is 23.9 Å². The predicted molar refractivity (Wildman–Crippen MR) is 150 cm³/mol. The average molecular weight is 539 g/mol. The average Bonchev–Trinajstić information content (AvgIpc) is 2.96. The summed E-state index contributed by atoms with van der Waals surface area (Å²) in [5.74, 6) is -0.552. The van der Waals surface area contributed by atoms with Crippen LogP contribution < -0.4 is 19.3 Å². The van der Waals surface area contributed by atoms with Gasteiger partial charge < -0.3 is 9.47 Å². The van der Waals surface area contributed by atoms with Gasteiger partial charge in [0.05, 0.1) is 18.5 Å². The minimum atomic E-state index is -0.758. The van der Waals surface area contributed by atoms with Crippen molar-refractivity contribution in [2.75, 3.05) is 16.9 Å². The van der Waals surface area contributed by atoms with E-state index in [4.69, 9.17) is 21.1 Å². The van der Waals surface area contributed by atoms with Gasteiger partial charge in [-0.3, -0.25) is 9.59 Å². The molecule has 0 aliphatic carbocycles. The molecule has 1 aliphatic heterocycles. The number of nitrogens with zero attached hydrogens (tertiary/aromatic N) is 2. The molecule has 7 nitrogen and oxygen atoms in total. The van der Waals surface area contributed by atoms with E-state index in [-0.39, 0.29) is 12.2 Å². The fourth-order valence-corrected chi connectivity index (χ4v) is 4.38. The van der Waals surface area contributed by atoms with Crippen LogP contribution in [-0.4, -0.2) is 25.0 Å². The molecule has 4 aromatic carbocycles. The van der Waals surface area contributed by atoms with Gasteiger partial charge in [-0.2, -0.15) is 0 Å². The molecule has 1 aliphatic rings. The Morgan fingerprint density at radius 2 is 1.36 bits per heavy atom. The molecule has 0 radical (unpaired) electrons. The van der Waals surface area contributed by atoms with E-state index in [0.29, 0.717) is 33.5 Å². The van der Waals surface area contributed by atoms with Crippen molar-refractivity contribution in [3.05, 3.63) is 125 Å². The van der Waals surface area contributed by atoms with Crippen LogP contribution in [0.3, 0.4) is 0 Å². The second-order valence-electron chi connectivity index (χ2n) is 8.62. The Morgan fingerprint density at radius 3 is 1.92 bits per heavy atom. The number of para-hydroxylation sites is 2. The van der Waals surface area contributed by atoms with Crippen molar-refractivity contribution in [1.82, 2.24) is 0 Å². The fourth-order valence-electron chi connectivity index (χ4n) is 4.17. The van der Waals surface area contributed by atoms with Crippen LogP contribution in [0.15, 0.2) is 109 Å². The van der Waals surface area contributed by atoms with Crippen molar-refractivity contribution in [2.24, 2.45) is 0 Å². The number of urea groups is 1. The number of amides is 4. The van der Waals surface area contributed by atoms with Crippen LogP contribution >= 0.6 is 11.6 Å². The van der Waals surface area contributed by atoms with Crippen molar-refractivity contribution in [3.63, 3.8) is 0 Å². The quantitative estimate of drug-likeness (QED) is 0.198. The third kappa shape index (κ3) is 5.39. The summed E-state index contributed by atoms with van der Waals surface area (Å²) in [6.45, 7) is 0.191. The monoisotopic (exact) mass is 538 g/mol. The van der Waals surface area contributed by atoms with Gasteiger partial charge in [0.2, 0.25) is 0 Å². The molecule has 8 heteroatoms. The van der Waals surface area contributed by atoms with Gasteiger partial charge in [-0.15, -0.1) is 0 Å². The summed E-state index contributed by atoms with van der Waals surface area (Å²) < 4.78 is 11.4. The number of hydrogen-bond donors (Lipinski definition) is 0. The molecule has 0 N–H and O–H groups in total. The van der Waals surface area contributed by atoms with Gasteiger partial charge in [0.15, 0.2) is 0 Å². The number of imide groups is 2. The topological polar surface area (TPSA) is 76.2 Å². The number of benzene rings is 4. The Hall–Kier alpha value is -4.88. The standard InChI is InChI=1S/C31H23ClN2O5/c1-38-26-16-15-22(28(19-26)39-20-21-9-8-10-23(32)17-21)18-27-29(35)33(24-11-4-2-5-12-24)31(37)34(30(27)36)25-13-6-3-7-14-25/h2-19H,20H2,1H3. The molecule has 1 heterocycles. The molecule has 0 spiro atoms. The van der Waals surface area contributed by atoms with E-state index in [0.717, 1.165) is 15.4 Å². The Bertz CT molecular complexity index is 1510. The second-order valence-corrected chi connectivity index (χ2v) is 9.05. The zero-order valence-electron chi connectivity index (χ0n) is 20.9. The number of carbonyl (C=O) groups is 3. The largest absolute Gasteiger partial charge is 0.497 e. The SMILES string of the molecule is COc1ccc(C=C2C(=O)N(c3ccccc3)C(=O)N(c3ccccc3)C2=O)c(OCc2cccc(Cl)c2)c1. The number of hydrogen-bond acceptors (Lipinski definition) is 5. The van der Waals surface area contributed by atoms with Gasteiger partial charge >= 0.3 is 6.03 Å². The van der Waals surface area contributed by atoms with Crippen LogP contribution in [0.2, 0.25) is 5.02 Å². The minimum absolute atomic E-state index is 0.191. The number of anilines is 2. The molecule has 39 heavy (non-hydrogen) atoms. The third-order valence-corrected chi connectivity index (χ3v) is 6.32. The van der Waals surface area contributed by atoms with Crippen molar-refractivity contribution in [1.29, 1.82) is 0 Å². The van der Waals surface area contributed by atoms with Crippen LogP contribution in [0.25, 0.3) is 6.08 Å². The summed E-state index contributed by atoms with van der Waals surface area (Å²) >= 11 is 6.11. The number of ether oxygens (including phenoxy) is 2. The molecular weight excluding hydrogens is 516 g/mol. The highest BCUT2D eigenvalue weighted by molar-refractivity contribution is 6.46. The van der Waals surface area contributed by atoms with Crippen molar-refractivity contribution >= 4 is 46.9 Å². The summed E-state index contributed by atoms with van der Waals surface area (Å²) in [6.07, 6.45) is 1.44. The highest BCUT2D eigenvalue weighted by atomic mass is 35.5. The van der Waals surface area contributed by atoms with Gasteiger partial charge in [-0.1, -0.05) is 60.1 Å². The number of methoxy groups -OCH3 is 1. The lowest BCUT2D eigenvalue weighted by molar-refractivity contribution is -0.121. The normalized spacial score (nSPS) is 13.5. The summed E-state index contributed by atoms with van der Waals surface area (Å²) in [6, 6.07) is 28.5. The second kappa shape index (κ2) is 11.2. The molecule has 1 fully saturated rings. The van der Waals surface area contributed by atoms with E-state index in [1.54, 1.807) is 91.0 Å². The molecule has 4 amide bonds. The molecule has 0 saturated carbocycles. The smallest absolute Gasteiger partial charge is 0.343 e. The predicted octanol–water partition coefficient (Wildman–Crippen LogP) is 6.51. The Balaban J connectivity index is 1.59. The first kappa shape index (κ1) is 25.8. The Morgan fingerprint density at radius 1 is 0.744 bits per heavy atom. The van der Waals surface area contributed by atoms with Gasteiger partial charge in [0, 0.05) is 16.7 Å². The highest BCUT2D eigenvalue weighted by Gasteiger charge is 2.43. The minimum Gasteiger partial charge on any atom is -0.497 e. The summed E-state index contributed by atoms with van der Waals surface area (Å²) in [5.41, 5.74) is 1.80. The van der Waals surface area contributed by atoms with Crippen LogP contribution in [0.4, 0.5) is 16.2 Å². The first-order valence-corrected chi connectivity index (χ1v) is 12.4. The number of carbonyl (C=O) groups excluding carboxylic acids is 3. The third-order valence-electron chi connectivity index (χ3n) is 6.08. The Kier molecular flexibility index (Phi) is 7.43. The van der Waals surface area contributed by atoms with Gasteiger partial charge in [0.25, 0.3) is 11.8 Å². The first-order chi connectivity index (χ1) is 19.0. The van der Waals surface area contributed by atoms with Gasteiger partial charge in [-0.05, 0) is 60.2 Å². The van der Waals surface area contributed by atoms with E-state index in [2.05, 4.69) is 0 Å². The number of rotatable bonds is 7. The lowest BCUT2D eigenvalue weighted by Crippen LogP contribution is -2.57. The van der Waals surface area contributed by atoms with Crippen LogP contribution in [0.5, 0.6) is 11.5 Å². The fraction of sp³-hybridized carbons (Fsp3) is 0.0645. The van der Waals surface area contributed by atoms with E-state index < -0.39 is 17.8 Å². The van der Waals surface area contributed by atoms with Gasteiger partial charge in [0.1, 0.15) is 23.7 Å². The molecule has 0 bridgehead atoms. The number of barbiturate groups is 1. The van der Waals surface area contributed by atoms with E-state index >= 15 is 0 Å². The van der Waals surface area contributed by atoms with Crippen LogP contribution in [0, 0.1) is 0 Å².